The summed E-state index contributed by atoms with van der Waals surface area (Å²) in [6, 6.07) is 8.52. The second-order valence-electron chi connectivity index (χ2n) is 4.75. The molecule has 1 aromatic carbocycles. The van der Waals surface area contributed by atoms with Gasteiger partial charge in [-0.25, -0.2) is 0 Å². The lowest BCUT2D eigenvalue weighted by Crippen LogP contribution is -2.44. The summed E-state index contributed by atoms with van der Waals surface area (Å²) in [5, 5.41) is 6.84. The lowest BCUT2D eigenvalue weighted by Gasteiger charge is -2.36. The zero-order valence-corrected chi connectivity index (χ0v) is 11.3. The summed E-state index contributed by atoms with van der Waals surface area (Å²) >= 11 is 5.86. The largest absolute Gasteiger partial charge is 0.355 e. The van der Waals surface area contributed by atoms with Crippen LogP contribution < -0.4 is 10.6 Å². The molecule has 0 atom stereocenters. The second kappa shape index (κ2) is 6.21. The van der Waals surface area contributed by atoms with Crippen molar-refractivity contribution in [3.63, 3.8) is 0 Å². The van der Waals surface area contributed by atoms with E-state index in [2.05, 4.69) is 22.8 Å². The number of hydrogen-bond acceptors (Lipinski definition) is 2. The van der Waals surface area contributed by atoms with Gasteiger partial charge in [0.25, 0.3) is 0 Å². The zero-order valence-electron chi connectivity index (χ0n) is 10.6. The maximum absolute atomic E-state index is 11.3. The highest BCUT2D eigenvalue weighted by Gasteiger charge is 2.29. The smallest absolute Gasteiger partial charge is 0.233 e. The van der Waals surface area contributed by atoms with Crippen LogP contribution in [0.1, 0.15) is 31.2 Å². The minimum absolute atomic E-state index is 0.0763. The van der Waals surface area contributed by atoms with E-state index >= 15 is 0 Å². The number of hydrogen-bond donors (Lipinski definition) is 2. The van der Waals surface area contributed by atoms with Crippen LogP contribution in [0.2, 0.25) is 5.02 Å². The van der Waals surface area contributed by atoms with Gasteiger partial charge in [0.15, 0.2) is 0 Å². The summed E-state index contributed by atoms with van der Waals surface area (Å²) in [5.41, 5.74) is 1.34. The number of carbonyl (C=O) groups excluding carboxylic acids is 1. The number of rotatable bonds is 5. The third-order valence-corrected chi connectivity index (χ3v) is 3.66. The van der Waals surface area contributed by atoms with Crippen LogP contribution in [0.5, 0.6) is 0 Å². The standard InChI is InChI=1S/C14H19ClN2O/c1-2-16-14(18)9-17-13-7-11(8-13)10-3-5-12(15)6-4-10/h3-6,11,13,17H,2,7-9H2,1H3,(H,16,18). The first-order valence-electron chi connectivity index (χ1n) is 6.44. The molecule has 0 aliphatic heterocycles. The van der Waals surface area contributed by atoms with Gasteiger partial charge in [0.2, 0.25) is 5.91 Å². The fraction of sp³-hybridized carbons (Fsp3) is 0.500. The topological polar surface area (TPSA) is 41.1 Å². The Labute approximate surface area is 113 Å². The maximum atomic E-state index is 11.3. The molecule has 0 aromatic heterocycles. The number of amides is 1. The summed E-state index contributed by atoms with van der Waals surface area (Å²) in [6.45, 7) is 3.04. The molecular formula is C14H19ClN2O. The third-order valence-electron chi connectivity index (χ3n) is 3.40. The molecular weight excluding hydrogens is 248 g/mol. The van der Waals surface area contributed by atoms with Gasteiger partial charge in [0.05, 0.1) is 6.54 Å². The minimum atomic E-state index is 0.0763. The Morgan fingerprint density at radius 2 is 2.00 bits per heavy atom. The Hall–Kier alpha value is -1.06. The van der Waals surface area contributed by atoms with E-state index in [-0.39, 0.29) is 5.91 Å². The molecule has 0 saturated heterocycles. The van der Waals surface area contributed by atoms with E-state index in [9.17, 15) is 4.79 Å². The van der Waals surface area contributed by atoms with Gasteiger partial charge in [0.1, 0.15) is 0 Å². The van der Waals surface area contributed by atoms with Crippen molar-refractivity contribution in [2.75, 3.05) is 13.1 Å². The highest BCUT2D eigenvalue weighted by Crippen LogP contribution is 2.37. The SMILES string of the molecule is CCNC(=O)CNC1CC(c2ccc(Cl)cc2)C1. The van der Waals surface area contributed by atoms with Crippen molar-refractivity contribution < 1.29 is 4.79 Å². The zero-order chi connectivity index (χ0) is 13.0. The van der Waals surface area contributed by atoms with Crippen molar-refractivity contribution in [2.45, 2.75) is 31.7 Å². The molecule has 0 spiro atoms. The van der Waals surface area contributed by atoms with Crippen LogP contribution in [0.4, 0.5) is 0 Å². The van der Waals surface area contributed by atoms with Gasteiger partial charge in [-0.1, -0.05) is 23.7 Å². The molecule has 0 heterocycles. The maximum Gasteiger partial charge on any atom is 0.233 e. The molecule has 2 N–H and O–H groups in total. The fourth-order valence-electron chi connectivity index (χ4n) is 2.29. The molecule has 0 radical (unpaired) electrons. The summed E-state index contributed by atoms with van der Waals surface area (Å²) in [7, 11) is 0. The molecule has 4 heteroatoms. The van der Waals surface area contributed by atoms with Crippen LogP contribution >= 0.6 is 11.6 Å². The summed E-state index contributed by atoms with van der Waals surface area (Å²) in [4.78, 5) is 11.3. The summed E-state index contributed by atoms with van der Waals surface area (Å²) < 4.78 is 0. The van der Waals surface area contributed by atoms with Crippen LogP contribution in [0.15, 0.2) is 24.3 Å². The molecule has 1 aliphatic carbocycles. The number of nitrogens with one attached hydrogen (secondary N) is 2. The molecule has 0 bridgehead atoms. The molecule has 1 aromatic rings. The predicted octanol–water partition coefficient (Wildman–Crippen LogP) is 2.31. The first-order valence-corrected chi connectivity index (χ1v) is 6.82. The van der Waals surface area contributed by atoms with Gasteiger partial charge >= 0.3 is 0 Å². The van der Waals surface area contributed by atoms with Crippen molar-refractivity contribution in [1.82, 2.24) is 10.6 Å². The van der Waals surface area contributed by atoms with Crippen LogP contribution in [-0.4, -0.2) is 25.0 Å². The van der Waals surface area contributed by atoms with E-state index in [1.54, 1.807) is 0 Å². The predicted molar refractivity (Wildman–Crippen MR) is 73.9 cm³/mol. The molecule has 1 fully saturated rings. The van der Waals surface area contributed by atoms with Crippen molar-refractivity contribution in [2.24, 2.45) is 0 Å². The average Bonchev–Trinajstić information content (AvgIpc) is 2.29. The minimum Gasteiger partial charge on any atom is -0.355 e. The fourth-order valence-corrected chi connectivity index (χ4v) is 2.41. The van der Waals surface area contributed by atoms with Crippen LogP contribution in [-0.2, 0) is 4.79 Å². The van der Waals surface area contributed by atoms with Crippen LogP contribution in [0.25, 0.3) is 0 Å². The van der Waals surface area contributed by atoms with Crippen molar-refractivity contribution in [1.29, 1.82) is 0 Å². The van der Waals surface area contributed by atoms with Gasteiger partial charge in [-0.15, -0.1) is 0 Å². The molecule has 1 saturated carbocycles. The molecule has 2 rings (SSSR count). The number of halogens is 1. The van der Waals surface area contributed by atoms with Gasteiger partial charge in [-0.05, 0) is 43.4 Å². The van der Waals surface area contributed by atoms with Crippen molar-refractivity contribution >= 4 is 17.5 Å². The summed E-state index contributed by atoms with van der Waals surface area (Å²) in [6.07, 6.45) is 2.20. The molecule has 0 unspecified atom stereocenters. The lowest BCUT2D eigenvalue weighted by atomic mass is 9.76. The highest BCUT2D eigenvalue weighted by atomic mass is 35.5. The Morgan fingerprint density at radius 3 is 2.61 bits per heavy atom. The first kappa shape index (κ1) is 13.4. The van der Waals surface area contributed by atoms with Crippen LogP contribution in [0, 0.1) is 0 Å². The quantitative estimate of drug-likeness (QED) is 0.859. The van der Waals surface area contributed by atoms with E-state index < -0.39 is 0 Å². The van der Waals surface area contributed by atoms with E-state index in [4.69, 9.17) is 11.6 Å². The van der Waals surface area contributed by atoms with Crippen molar-refractivity contribution in [3.8, 4) is 0 Å². The van der Waals surface area contributed by atoms with E-state index in [1.807, 2.05) is 19.1 Å². The van der Waals surface area contributed by atoms with Gasteiger partial charge in [-0.3, -0.25) is 4.79 Å². The molecule has 1 amide bonds. The van der Waals surface area contributed by atoms with Gasteiger partial charge in [-0.2, -0.15) is 0 Å². The Balaban J connectivity index is 1.70. The van der Waals surface area contributed by atoms with Gasteiger partial charge in [0, 0.05) is 17.6 Å². The monoisotopic (exact) mass is 266 g/mol. The third kappa shape index (κ3) is 3.47. The Morgan fingerprint density at radius 1 is 1.33 bits per heavy atom. The number of likely N-dealkylation sites (N-methyl/N-ethyl adjacent to an activating group) is 1. The number of carbonyl (C=O) groups is 1. The molecule has 18 heavy (non-hydrogen) atoms. The van der Waals surface area contributed by atoms with E-state index in [1.165, 1.54) is 5.56 Å². The van der Waals surface area contributed by atoms with Gasteiger partial charge < -0.3 is 10.6 Å². The molecule has 3 nitrogen and oxygen atoms in total. The Bertz CT molecular complexity index is 399. The van der Waals surface area contributed by atoms with E-state index in [0.717, 1.165) is 17.9 Å². The molecule has 98 valence electrons. The second-order valence-corrected chi connectivity index (χ2v) is 5.19. The first-order chi connectivity index (χ1) is 8.69. The van der Waals surface area contributed by atoms with E-state index in [0.29, 0.717) is 25.0 Å². The Kier molecular flexibility index (Phi) is 4.61. The lowest BCUT2D eigenvalue weighted by molar-refractivity contribution is -0.120. The highest BCUT2D eigenvalue weighted by molar-refractivity contribution is 6.30. The van der Waals surface area contributed by atoms with Crippen LogP contribution in [0.3, 0.4) is 0 Å². The van der Waals surface area contributed by atoms with Crippen molar-refractivity contribution in [3.05, 3.63) is 34.9 Å². The average molecular weight is 267 g/mol. The molecule has 1 aliphatic rings. The summed E-state index contributed by atoms with van der Waals surface area (Å²) in [5.74, 6) is 0.682. The number of benzene rings is 1. The normalized spacial score (nSPS) is 22.3.